The first-order valence-corrected chi connectivity index (χ1v) is 10.7. The number of oxazole rings is 1. The highest BCUT2D eigenvalue weighted by molar-refractivity contribution is 6.05. The summed E-state index contributed by atoms with van der Waals surface area (Å²) in [7, 11) is 0. The van der Waals surface area contributed by atoms with Crippen molar-refractivity contribution in [3.63, 3.8) is 0 Å². The highest BCUT2D eigenvalue weighted by atomic mass is 16.4. The quantitative estimate of drug-likeness (QED) is 0.391. The van der Waals surface area contributed by atoms with Crippen LogP contribution in [0.4, 0.5) is 5.82 Å². The fourth-order valence-corrected chi connectivity index (χ4v) is 3.90. The molecule has 1 amide bonds. The van der Waals surface area contributed by atoms with Crippen LogP contribution >= 0.6 is 0 Å². The van der Waals surface area contributed by atoms with Crippen LogP contribution < -0.4 is 5.32 Å². The van der Waals surface area contributed by atoms with Crippen LogP contribution in [0.1, 0.15) is 35.0 Å². The van der Waals surface area contributed by atoms with Crippen LogP contribution in [0.2, 0.25) is 0 Å². The molecule has 6 heteroatoms. The summed E-state index contributed by atoms with van der Waals surface area (Å²) in [6.45, 7) is 0. The molecule has 2 aromatic carbocycles. The zero-order chi connectivity index (χ0) is 21.5. The first-order chi connectivity index (χ1) is 15.8. The van der Waals surface area contributed by atoms with Crippen LogP contribution in [0.3, 0.4) is 0 Å². The number of imidazole rings is 1. The van der Waals surface area contributed by atoms with E-state index in [1.54, 1.807) is 0 Å². The van der Waals surface area contributed by atoms with E-state index in [-0.39, 0.29) is 11.8 Å². The van der Waals surface area contributed by atoms with Crippen molar-refractivity contribution in [2.24, 2.45) is 0 Å². The lowest BCUT2D eigenvalue weighted by Crippen LogP contribution is -2.16. The first-order valence-electron chi connectivity index (χ1n) is 10.7. The summed E-state index contributed by atoms with van der Waals surface area (Å²) in [5.41, 5.74) is 3.60. The Balaban J connectivity index is 1.43. The maximum atomic E-state index is 13.5. The number of hydrogen-bond donors (Lipinski definition) is 1. The Hall–Kier alpha value is -4.19. The van der Waals surface area contributed by atoms with E-state index in [0.717, 1.165) is 29.6 Å². The standard InChI is InChI=1S/C26H20N4O2/c31-25(22-23(18-14-15-18)32-26(28-22)19-11-5-2-6-12-19)29-24-21(17-9-3-1-4-10-17)27-20-13-7-8-16-30(20)24/h1-13,16,18H,14-15H2,(H,29,31). The van der Waals surface area contributed by atoms with Gasteiger partial charge >= 0.3 is 0 Å². The van der Waals surface area contributed by atoms with E-state index in [1.165, 1.54) is 0 Å². The molecule has 3 aromatic heterocycles. The second-order valence-corrected chi connectivity index (χ2v) is 7.93. The van der Waals surface area contributed by atoms with Gasteiger partial charge in [0.1, 0.15) is 22.9 Å². The summed E-state index contributed by atoms with van der Waals surface area (Å²) in [5.74, 6) is 1.70. The second kappa shape index (κ2) is 7.50. The molecule has 1 N–H and O–H groups in total. The number of fused-ring (bicyclic) bond motifs is 1. The zero-order valence-electron chi connectivity index (χ0n) is 17.2. The minimum Gasteiger partial charge on any atom is -0.440 e. The van der Waals surface area contributed by atoms with Crippen molar-refractivity contribution < 1.29 is 9.21 Å². The van der Waals surface area contributed by atoms with Crippen molar-refractivity contribution in [1.82, 2.24) is 14.4 Å². The van der Waals surface area contributed by atoms with Crippen LogP contribution in [0.15, 0.2) is 89.5 Å². The molecule has 156 valence electrons. The number of hydrogen-bond acceptors (Lipinski definition) is 4. The van der Waals surface area contributed by atoms with Crippen molar-refractivity contribution in [2.45, 2.75) is 18.8 Å². The monoisotopic (exact) mass is 420 g/mol. The summed E-state index contributed by atoms with van der Waals surface area (Å²) >= 11 is 0. The SMILES string of the molecule is O=C(Nc1c(-c2ccccc2)nc2ccccn12)c1nc(-c2ccccc2)oc1C1CC1. The smallest absolute Gasteiger partial charge is 0.279 e. The van der Waals surface area contributed by atoms with Crippen molar-refractivity contribution in [1.29, 1.82) is 0 Å². The van der Waals surface area contributed by atoms with E-state index in [9.17, 15) is 4.79 Å². The van der Waals surface area contributed by atoms with E-state index in [4.69, 9.17) is 9.40 Å². The molecule has 1 saturated carbocycles. The van der Waals surface area contributed by atoms with Gasteiger partial charge in [-0.05, 0) is 37.1 Å². The average molecular weight is 420 g/mol. The molecule has 0 atom stereocenters. The average Bonchev–Trinajstić information content (AvgIpc) is 3.49. The fourth-order valence-electron chi connectivity index (χ4n) is 3.90. The molecule has 1 aliphatic carbocycles. The van der Waals surface area contributed by atoms with Crippen molar-refractivity contribution in [3.05, 3.63) is 96.5 Å². The van der Waals surface area contributed by atoms with Crippen molar-refractivity contribution in [3.8, 4) is 22.7 Å². The number of nitrogens with one attached hydrogen (secondary N) is 1. The molecule has 1 fully saturated rings. The van der Waals surface area contributed by atoms with Crippen LogP contribution in [0.5, 0.6) is 0 Å². The predicted molar refractivity (Wildman–Crippen MR) is 122 cm³/mol. The maximum Gasteiger partial charge on any atom is 0.279 e. The fraction of sp³-hybridized carbons (Fsp3) is 0.115. The van der Waals surface area contributed by atoms with Crippen LogP contribution in [-0.4, -0.2) is 20.3 Å². The van der Waals surface area contributed by atoms with E-state index in [0.29, 0.717) is 28.9 Å². The van der Waals surface area contributed by atoms with Gasteiger partial charge in [-0.25, -0.2) is 9.97 Å². The maximum absolute atomic E-state index is 13.5. The molecule has 0 radical (unpaired) electrons. The van der Waals surface area contributed by atoms with Crippen molar-refractivity contribution in [2.75, 3.05) is 5.32 Å². The number of rotatable bonds is 5. The molecule has 6 rings (SSSR count). The molecule has 0 spiro atoms. The Morgan fingerprint density at radius 1 is 0.875 bits per heavy atom. The molecular weight excluding hydrogens is 400 g/mol. The van der Waals surface area contributed by atoms with Gasteiger partial charge in [0.2, 0.25) is 5.89 Å². The van der Waals surface area contributed by atoms with E-state index in [2.05, 4.69) is 10.3 Å². The molecule has 32 heavy (non-hydrogen) atoms. The molecule has 3 heterocycles. The van der Waals surface area contributed by atoms with Gasteiger partial charge in [-0.3, -0.25) is 9.20 Å². The number of nitrogens with zero attached hydrogens (tertiary/aromatic N) is 3. The number of carbonyl (C=O) groups excluding carboxylic acids is 1. The summed E-state index contributed by atoms with van der Waals surface area (Å²) in [6.07, 6.45) is 3.91. The van der Waals surface area contributed by atoms with Crippen molar-refractivity contribution >= 4 is 17.4 Å². The minimum atomic E-state index is -0.291. The third kappa shape index (κ3) is 3.26. The number of benzene rings is 2. The molecular formula is C26H20N4O2. The molecule has 0 bridgehead atoms. The predicted octanol–water partition coefficient (Wildman–Crippen LogP) is 5.79. The number of aromatic nitrogens is 3. The lowest BCUT2D eigenvalue weighted by atomic mass is 10.1. The highest BCUT2D eigenvalue weighted by Crippen LogP contribution is 2.43. The van der Waals surface area contributed by atoms with E-state index >= 15 is 0 Å². The van der Waals surface area contributed by atoms with Gasteiger partial charge in [0.25, 0.3) is 5.91 Å². The topological polar surface area (TPSA) is 72.4 Å². The summed E-state index contributed by atoms with van der Waals surface area (Å²) < 4.78 is 7.96. The molecule has 0 aliphatic heterocycles. The Morgan fingerprint density at radius 3 is 2.28 bits per heavy atom. The second-order valence-electron chi connectivity index (χ2n) is 7.93. The highest BCUT2D eigenvalue weighted by Gasteiger charge is 2.34. The largest absolute Gasteiger partial charge is 0.440 e. The summed E-state index contributed by atoms with van der Waals surface area (Å²) in [5, 5.41) is 3.08. The molecule has 0 saturated heterocycles. The van der Waals surface area contributed by atoms with Gasteiger partial charge in [0, 0.05) is 23.2 Å². The lowest BCUT2D eigenvalue weighted by molar-refractivity contribution is 0.102. The summed E-state index contributed by atoms with van der Waals surface area (Å²) in [6, 6.07) is 25.3. The Labute approximate surface area is 184 Å². The Bertz CT molecular complexity index is 1420. The number of carbonyl (C=O) groups is 1. The third-order valence-electron chi connectivity index (χ3n) is 5.65. The van der Waals surface area contributed by atoms with Gasteiger partial charge in [0.15, 0.2) is 5.69 Å². The normalized spacial score (nSPS) is 13.4. The summed E-state index contributed by atoms with van der Waals surface area (Å²) in [4.78, 5) is 22.8. The molecule has 6 nitrogen and oxygen atoms in total. The van der Waals surface area contributed by atoms with E-state index < -0.39 is 0 Å². The van der Waals surface area contributed by atoms with Gasteiger partial charge in [-0.1, -0.05) is 54.6 Å². The minimum absolute atomic E-state index is 0.247. The lowest BCUT2D eigenvalue weighted by Gasteiger charge is -2.07. The number of amides is 1. The van der Waals surface area contributed by atoms with Gasteiger partial charge in [-0.15, -0.1) is 0 Å². The van der Waals surface area contributed by atoms with Crippen LogP contribution in [0, 0.1) is 0 Å². The molecule has 0 unspecified atom stereocenters. The molecule has 1 aliphatic rings. The van der Waals surface area contributed by atoms with Crippen LogP contribution in [-0.2, 0) is 0 Å². The zero-order valence-corrected chi connectivity index (χ0v) is 17.2. The van der Waals surface area contributed by atoms with Gasteiger partial charge in [0.05, 0.1) is 0 Å². The molecule has 5 aromatic rings. The van der Waals surface area contributed by atoms with E-state index in [1.807, 2.05) is 89.5 Å². The van der Waals surface area contributed by atoms with Crippen LogP contribution in [0.25, 0.3) is 28.4 Å². The first kappa shape index (κ1) is 18.6. The number of anilines is 1. The number of pyridine rings is 1. The van der Waals surface area contributed by atoms with Gasteiger partial charge < -0.3 is 9.73 Å². The Kier molecular flexibility index (Phi) is 4.35. The Morgan fingerprint density at radius 2 is 1.56 bits per heavy atom. The third-order valence-corrected chi connectivity index (χ3v) is 5.65. The van der Waals surface area contributed by atoms with Gasteiger partial charge in [-0.2, -0.15) is 0 Å².